The zero-order valence-corrected chi connectivity index (χ0v) is 14.9. The Kier molecular flexibility index (Phi) is 5.51. The second kappa shape index (κ2) is 7.23. The van der Waals surface area contributed by atoms with E-state index in [9.17, 15) is 14.7 Å². The lowest BCUT2D eigenvalue weighted by Crippen LogP contribution is -2.22. The molecule has 0 aliphatic heterocycles. The number of carboxylic acid groups (broad SMARTS) is 1. The van der Waals surface area contributed by atoms with Crippen molar-refractivity contribution in [3.8, 4) is 5.75 Å². The summed E-state index contributed by atoms with van der Waals surface area (Å²) in [6.07, 6.45) is 1.35. The molecule has 1 aromatic heterocycles. The minimum absolute atomic E-state index is 0.0686. The van der Waals surface area contributed by atoms with Crippen LogP contribution in [0.4, 0.5) is 0 Å². The summed E-state index contributed by atoms with van der Waals surface area (Å²) in [5.74, 6) is -0.759. The van der Waals surface area contributed by atoms with Crippen LogP contribution in [0.25, 0.3) is 10.9 Å². The average Bonchev–Trinajstić information content (AvgIpc) is 2.48. The lowest BCUT2D eigenvalue weighted by molar-refractivity contribution is 0.0694. The first-order chi connectivity index (χ1) is 11.2. The van der Waals surface area contributed by atoms with Gasteiger partial charge in [0.2, 0.25) is 5.43 Å². The second-order valence-corrected chi connectivity index (χ2v) is 6.51. The molecule has 6 nitrogen and oxygen atoms in total. The molecule has 0 aliphatic rings. The third-order valence-electron chi connectivity index (χ3n) is 3.67. The van der Waals surface area contributed by atoms with Crippen molar-refractivity contribution < 1.29 is 14.6 Å². The van der Waals surface area contributed by atoms with Gasteiger partial charge < -0.3 is 19.3 Å². The Labute approximate surface area is 145 Å². The van der Waals surface area contributed by atoms with Crippen molar-refractivity contribution in [3.63, 3.8) is 0 Å². The number of aromatic carboxylic acids is 1. The molecular weight excluding hydrogens is 332 g/mol. The van der Waals surface area contributed by atoms with E-state index in [4.69, 9.17) is 16.3 Å². The van der Waals surface area contributed by atoms with Crippen LogP contribution in [0.3, 0.4) is 0 Å². The van der Waals surface area contributed by atoms with Crippen LogP contribution >= 0.6 is 11.6 Å². The number of carbonyl (C=O) groups is 1. The lowest BCUT2D eigenvalue weighted by Gasteiger charge is -2.20. The number of likely N-dealkylation sites (N-methyl/N-ethyl adjacent to an activating group) is 1. The molecule has 7 heteroatoms. The molecule has 2 aromatic rings. The Morgan fingerprint density at radius 3 is 2.58 bits per heavy atom. The normalized spacial score (nSPS) is 11.5. The van der Waals surface area contributed by atoms with Crippen molar-refractivity contribution in [1.29, 1.82) is 0 Å². The van der Waals surface area contributed by atoms with E-state index in [0.717, 1.165) is 0 Å². The minimum atomic E-state index is -1.27. The van der Waals surface area contributed by atoms with Gasteiger partial charge in [-0.05, 0) is 40.1 Å². The number of hydrogen-bond donors (Lipinski definition) is 1. The molecule has 1 heterocycles. The van der Waals surface area contributed by atoms with E-state index < -0.39 is 11.4 Å². The molecular formula is C17H21ClN2O4. The molecule has 0 saturated carbocycles. The van der Waals surface area contributed by atoms with Gasteiger partial charge in [0.25, 0.3) is 0 Å². The molecule has 2 rings (SSSR count). The molecule has 0 amide bonds. The summed E-state index contributed by atoms with van der Waals surface area (Å²) in [5.41, 5.74) is -0.382. The largest absolute Gasteiger partial charge is 0.490 e. The molecule has 0 fully saturated rings. The number of fused-ring (bicyclic) bond motifs is 1. The van der Waals surface area contributed by atoms with Gasteiger partial charge in [0.05, 0.1) is 15.9 Å². The van der Waals surface area contributed by atoms with Crippen LogP contribution in [-0.2, 0) is 0 Å². The molecule has 0 spiro atoms. The third-order valence-corrected chi connectivity index (χ3v) is 3.99. The fourth-order valence-corrected chi connectivity index (χ4v) is 2.67. The molecule has 0 bridgehead atoms. The summed E-state index contributed by atoms with van der Waals surface area (Å²) in [6, 6.07) is 3.20. The number of benzene rings is 1. The molecule has 1 N–H and O–H groups in total. The van der Waals surface area contributed by atoms with Gasteiger partial charge in [0.1, 0.15) is 17.9 Å². The smallest absolute Gasteiger partial charge is 0.341 e. The van der Waals surface area contributed by atoms with Crippen LogP contribution in [0.1, 0.15) is 30.2 Å². The molecule has 0 unspecified atom stereocenters. The number of hydrogen-bond acceptors (Lipinski definition) is 4. The molecule has 0 aliphatic carbocycles. The zero-order chi connectivity index (χ0) is 18.0. The summed E-state index contributed by atoms with van der Waals surface area (Å²) in [4.78, 5) is 25.9. The van der Waals surface area contributed by atoms with Crippen LogP contribution in [0.2, 0.25) is 5.02 Å². The van der Waals surface area contributed by atoms with Crippen molar-refractivity contribution in [3.05, 3.63) is 39.1 Å². The summed E-state index contributed by atoms with van der Waals surface area (Å²) < 4.78 is 7.54. The van der Waals surface area contributed by atoms with Gasteiger partial charge in [0, 0.05) is 18.8 Å². The lowest BCUT2D eigenvalue weighted by atomic mass is 10.1. The quantitative estimate of drug-likeness (QED) is 0.865. The van der Waals surface area contributed by atoms with E-state index >= 15 is 0 Å². The minimum Gasteiger partial charge on any atom is -0.490 e. The molecule has 0 radical (unpaired) electrons. The Bertz CT molecular complexity index is 827. The number of nitrogens with zero attached hydrogens (tertiary/aromatic N) is 2. The number of aromatic nitrogens is 1. The Balaban J connectivity index is 2.74. The maximum Gasteiger partial charge on any atom is 0.341 e. The van der Waals surface area contributed by atoms with E-state index in [0.29, 0.717) is 24.4 Å². The highest BCUT2D eigenvalue weighted by Crippen LogP contribution is 2.31. The van der Waals surface area contributed by atoms with Crippen LogP contribution in [-0.4, -0.2) is 47.8 Å². The first kappa shape index (κ1) is 18.3. The summed E-state index contributed by atoms with van der Waals surface area (Å²) in [6.45, 7) is 4.96. The van der Waals surface area contributed by atoms with Gasteiger partial charge in [-0.15, -0.1) is 0 Å². The summed E-state index contributed by atoms with van der Waals surface area (Å²) >= 11 is 6.20. The number of carboxylic acids is 1. The summed E-state index contributed by atoms with van der Waals surface area (Å²) in [5, 5.41) is 9.69. The monoisotopic (exact) mass is 352 g/mol. The first-order valence-electron chi connectivity index (χ1n) is 7.62. The van der Waals surface area contributed by atoms with E-state index in [1.807, 2.05) is 32.8 Å². The average molecular weight is 353 g/mol. The topological polar surface area (TPSA) is 71.8 Å². The first-order valence-corrected chi connectivity index (χ1v) is 8.00. The SMILES string of the molecule is CC(C)n1cc(C(=O)O)c(=O)c2c(Cl)ccc(OCCN(C)C)c21. The van der Waals surface area contributed by atoms with Gasteiger partial charge >= 0.3 is 5.97 Å². The summed E-state index contributed by atoms with van der Waals surface area (Å²) in [7, 11) is 3.87. The predicted octanol–water partition coefficient (Wildman–Crippen LogP) is 2.87. The fourth-order valence-electron chi connectivity index (χ4n) is 2.43. The molecule has 1 aromatic carbocycles. The number of halogens is 1. The highest BCUT2D eigenvalue weighted by molar-refractivity contribution is 6.35. The van der Waals surface area contributed by atoms with Gasteiger partial charge in [-0.3, -0.25) is 4.79 Å². The van der Waals surface area contributed by atoms with Crippen LogP contribution in [0.15, 0.2) is 23.1 Å². The van der Waals surface area contributed by atoms with Crippen LogP contribution in [0.5, 0.6) is 5.75 Å². The number of pyridine rings is 1. The third kappa shape index (κ3) is 3.55. The Morgan fingerprint density at radius 1 is 1.38 bits per heavy atom. The Morgan fingerprint density at radius 2 is 2.04 bits per heavy atom. The highest BCUT2D eigenvalue weighted by atomic mass is 35.5. The van der Waals surface area contributed by atoms with Gasteiger partial charge in [-0.1, -0.05) is 11.6 Å². The number of rotatable bonds is 6. The van der Waals surface area contributed by atoms with Crippen molar-refractivity contribution in [2.45, 2.75) is 19.9 Å². The maximum absolute atomic E-state index is 12.6. The maximum atomic E-state index is 12.6. The van der Waals surface area contributed by atoms with Crippen LogP contribution in [0, 0.1) is 0 Å². The van der Waals surface area contributed by atoms with Gasteiger partial charge in [0.15, 0.2) is 0 Å². The number of ether oxygens (including phenoxy) is 1. The molecule has 130 valence electrons. The van der Waals surface area contributed by atoms with E-state index in [-0.39, 0.29) is 22.0 Å². The molecule has 0 saturated heterocycles. The molecule has 24 heavy (non-hydrogen) atoms. The van der Waals surface area contributed by atoms with Crippen molar-refractivity contribution in [2.75, 3.05) is 27.2 Å². The highest BCUT2D eigenvalue weighted by Gasteiger charge is 2.20. The van der Waals surface area contributed by atoms with Gasteiger partial charge in [-0.25, -0.2) is 4.79 Å². The predicted molar refractivity (Wildman–Crippen MR) is 94.6 cm³/mol. The molecule has 0 atom stereocenters. The fraction of sp³-hybridized carbons (Fsp3) is 0.412. The van der Waals surface area contributed by atoms with Crippen molar-refractivity contribution in [2.24, 2.45) is 0 Å². The van der Waals surface area contributed by atoms with Gasteiger partial charge in [-0.2, -0.15) is 0 Å². The zero-order valence-electron chi connectivity index (χ0n) is 14.2. The van der Waals surface area contributed by atoms with E-state index in [1.165, 1.54) is 6.20 Å². The van der Waals surface area contributed by atoms with E-state index in [2.05, 4.69) is 0 Å². The van der Waals surface area contributed by atoms with Crippen LogP contribution < -0.4 is 10.2 Å². The standard InChI is InChI=1S/C17H21ClN2O4/c1-10(2)20-9-11(17(22)23)16(21)14-12(18)5-6-13(15(14)20)24-8-7-19(3)4/h5-6,9-10H,7-8H2,1-4H3,(H,22,23). The Hall–Kier alpha value is -2.05. The van der Waals surface area contributed by atoms with Crippen molar-refractivity contribution >= 4 is 28.5 Å². The second-order valence-electron chi connectivity index (χ2n) is 6.10. The van der Waals surface area contributed by atoms with Crippen molar-refractivity contribution in [1.82, 2.24) is 9.47 Å². The van der Waals surface area contributed by atoms with E-state index in [1.54, 1.807) is 16.7 Å².